The van der Waals surface area contributed by atoms with Crippen LogP contribution >= 0.6 is 0 Å². The third-order valence-electron chi connectivity index (χ3n) is 6.08. The van der Waals surface area contributed by atoms with Crippen LogP contribution in [0.3, 0.4) is 0 Å². The van der Waals surface area contributed by atoms with Crippen molar-refractivity contribution in [3.8, 4) is 0 Å². The van der Waals surface area contributed by atoms with Crippen molar-refractivity contribution in [2.45, 2.75) is 32.7 Å². The second-order valence-corrected chi connectivity index (χ2v) is 9.03. The van der Waals surface area contributed by atoms with Crippen LogP contribution in [-0.2, 0) is 4.79 Å². The summed E-state index contributed by atoms with van der Waals surface area (Å²) in [6, 6.07) is 17.8. The van der Waals surface area contributed by atoms with Crippen LogP contribution in [0.4, 0.5) is 0 Å². The van der Waals surface area contributed by atoms with Crippen LogP contribution in [0.1, 0.15) is 41.8 Å². The van der Waals surface area contributed by atoms with Gasteiger partial charge in [0.05, 0.1) is 5.54 Å². The summed E-state index contributed by atoms with van der Waals surface area (Å²) >= 11 is 0. The molecule has 1 fully saturated rings. The van der Waals surface area contributed by atoms with Crippen molar-refractivity contribution in [3.63, 3.8) is 0 Å². The van der Waals surface area contributed by atoms with E-state index in [4.69, 9.17) is 0 Å². The molecule has 2 aromatic rings. The second-order valence-electron chi connectivity index (χ2n) is 9.03. The van der Waals surface area contributed by atoms with E-state index in [9.17, 15) is 9.59 Å². The Labute approximate surface area is 189 Å². The van der Waals surface area contributed by atoms with E-state index in [0.717, 1.165) is 23.1 Å². The van der Waals surface area contributed by atoms with Crippen molar-refractivity contribution in [1.82, 2.24) is 15.1 Å². The SMILES string of the molecule is Cc1cccc(C(=O)N2CCN(C(=O)C3=NCCC(c4ccccc4)=CN3)C(C)(C)C2)c1. The van der Waals surface area contributed by atoms with Crippen LogP contribution in [0.25, 0.3) is 5.57 Å². The topological polar surface area (TPSA) is 65.0 Å². The lowest BCUT2D eigenvalue weighted by atomic mass is 9.97. The van der Waals surface area contributed by atoms with Gasteiger partial charge in [-0.25, -0.2) is 0 Å². The summed E-state index contributed by atoms with van der Waals surface area (Å²) in [6.07, 6.45) is 2.67. The number of benzene rings is 2. The number of aliphatic imine (C=N–C) groups is 1. The van der Waals surface area contributed by atoms with Crippen molar-refractivity contribution in [2.75, 3.05) is 26.2 Å². The molecule has 6 heteroatoms. The fourth-order valence-corrected chi connectivity index (χ4v) is 4.36. The van der Waals surface area contributed by atoms with E-state index in [1.54, 1.807) is 0 Å². The number of hydrogen-bond acceptors (Lipinski definition) is 4. The number of nitrogens with one attached hydrogen (secondary N) is 1. The van der Waals surface area contributed by atoms with Gasteiger partial charge >= 0.3 is 0 Å². The van der Waals surface area contributed by atoms with Gasteiger partial charge in [0.15, 0.2) is 5.84 Å². The first-order valence-corrected chi connectivity index (χ1v) is 11.1. The molecule has 0 atom stereocenters. The molecular weight excluding hydrogens is 400 g/mol. The molecule has 0 saturated carbocycles. The van der Waals surface area contributed by atoms with Gasteiger partial charge in [0.1, 0.15) is 0 Å². The molecule has 2 amide bonds. The Balaban J connectivity index is 1.45. The van der Waals surface area contributed by atoms with Crippen molar-refractivity contribution in [2.24, 2.45) is 4.99 Å². The normalized spacial score (nSPS) is 18.2. The number of aryl methyl sites for hydroxylation is 1. The molecule has 0 radical (unpaired) electrons. The minimum absolute atomic E-state index is 0.00856. The lowest BCUT2D eigenvalue weighted by molar-refractivity contribution is -0.132. The molecule has 0 aromatic heterocycles. The molecule has 1 N–H and O–H groups in total. The highest BCUT2D eigenvalue weighted by Gasteiger charge is 2.40. The third kappa shape index (κ3) is 4.59. The Morgan fingerprint density at radius 2 is 1.78 bits per heavy atom. The van der Waals surface area contributed by atoms with E-state index in [0.29, 0.717) is 37.6 Å². The number of rotatable bonds is 3. The minimum Gasteiger partial charge on any atom is -0.342 e. The van der Waals surface area contributed by atoms with Crippen LogP contribution in [0.2, 0.25) is 0 Å². The number of amides is 2. The highest BCUT2D eigenvalue weighted by molar-refractivity contribution is 6.38. The fourth-order valence-electron chi connectivity index (χ4n) is 4.36. The maximum Gasteiger partial charge on any atom is 0.289 e. The van der Waals surface area contributed by atoms with Gasteiger partial charge in [0, 0.05) is 37.9 Å². The molecule has 1 saturated heterocycles. The van der Waals surface area contributed by atoms with Gasteiger partial charge in [-0.15, -0.1) is 0 Å². The summed E-state index contributed by atoms with van der Waals surface area (Å²) in [4.78, 5) is 34.6. The van der Waals surface area contributed by atoms with Gasteiger partial charge in [-0.05, 0) is 50.5 Å². The lowest BCUT2D eigenvalue weighted by Gasteiger charge is -2.47. The Morgan fingerprint density at radius 1 is 1.00 bits per heavy atom. The Morgan fingerprint density at radius 3 is 2.50 bits per heavy atom. The monoisotopic (exact) mass is 430 g/mol. The van der Waals surface area contributed by atoms with E-state index in [2.05, 4.69) is 22.4 Å². The molecule has 32 heavy (non-hydrogen) atoms. The van der Waals surface area contributed by atoms with E-state index < -0.39 is 5.54 Å². The predicted octanol–water partition coefficient (Wildman–Crippen LogP) is 3.49. The first kappa shape index (κ1) is 21.8. The number of amidine groups is 1. The maximum atomic E-state index is 13.4. The summed E-state index contributed by atoms with van der Waals surface area (Å²) in [6.45, 7) is 7.99. The molecule has 0 spiro atoms. The average Bonchev–Trinajstić information content (AvgIpc) is 3.04. The Hall–Kier alpha value is -3.41. The first-order valence-electron chi connectivity index (χ1n) is 11.1. The number of hydrogen-bond donors (Lipinski definition) is 1. The molecule has 166 valence electrons. The summed E-state index contributed by atoms with van der Waals surface area (Å²) in [5, 5.41) is 3.15. The van der Waals surface area contributed by atoms with Crippen LogP contribution in [0.15, 0.2) is 65.8 Å². The molecule has 0 unspecified atom stereocenters. The molecule has 0 bridgehead atoms. The number of carbonyl (C=O) groups excluding carboxylic acids is 2. The Kier molecular flexibility index (Phi) is 6.12. The molecule has 4 rings (SSSR count). The summed E-state index contributed by atoms with van der Waals surface area (Å²) < 4.78 is 0. The minimum atomic E-state index is -0.503. The van der Waals surface area contributed by atoms with E-state index in [1.165, 1.54) is 0 Å². The third-order valence-corrected chi connectivity index (χ3v) is 6.08. The predicted molar refractivity (Wildman–Crippen MR) is 127 cm³/mol. The number of piperazine rings is 1. The second kappa shape index (κ2) is 8.99. The highest BCUT2D eigenvalue weighted by atomic mass is 16.2. The molecule has 2 aromatic carbocycles. The molecule has 6 nitrogen and oxygen atoms in total. The number of nitrogens with zero attached hydrogens (tertiary/aromatic N) is 3. The average molecular weight is 431 g/mol. The molecule has 2 heterocycles. The zero-order valence-corrected chi connectivity index (χ0v) is 19.0. The van der Waals surface area contributed by atoms with Crippen molar-refractivity contribution in [1.29, 1.82) is 0 Å². The number of carbonyl (C=O) groups is 2. The molecule has 0 aliphatic carbocycles. The molecular formula is C26H30N4O2. The van der Waals surface area contributed by atoms with Crippen molar-refractivity contribution < 1.29 is 9.59 Å². The van der Waals surface area contributed by atoms with Crippen LogP contribution in [0.5, 0.6) is 0 Å². The van der Waals surface area contributed by atoms with Gasteiger partial charge in [0.2, 0.25) is 0 Å². The van der Waals surface area contributed by atoms with Crippen LogP contribution < -0.4 is 5.32 Å². The van der Waals surface area contributed by atoms with E-state index in [1.807, 2.05) is 79.2 Å². The Bertz CT molecular complexity index is 1070. The van der Waals surface area contributed by atoms with E-state index >= 15 is 0 Å². The van der Waals surface area contributed by atoms with Gasteiger partial charge < -0.3 is 15.1 Å². The van der Waals surface area contributed by atoms with Crippen LogP contribution in [0, 0.1) is 6.92 Å². The van der Waals surface area contributed by atoms with Crippen molar-refractivity contribution >= 4 is 23.2 Å². The summed E-state index contributed by atoms with van der Waals surface area (Å²) in [5.41, 5.74) is 3.51. The van der Waals surface area contributed by atoms with Crippen LogP contribution in [-0.4, -0.2) is 59.2 Å². The van der Waals surface area contributed by atoms with Crippen molar-refractivity contribution in [3.05, 3.63) is 77.5 Å². The van der Waals surface area contributed by atoms with Gasteiger partial charge in [-0.3, -0.25) is 14.6 Å². The first-order chi connectivity index (χ1) is 15.3. The zero-order chi connectivity index (χ0) is 22.7. The highest BCUT2D eigenvalue weighted by Crippen LogP contribution is 2.24. The zero-order valence-electron chi connectivity index (χ0n) is 19.0. The smallest absolute Gasteiger partial charge is 0.289 e. The molecule has 2 aliphatic rings. The van der Waals surface area contributed by atoms with Gasteiger partial charge in [-0.2, -0.15) is 0 Å². The largest absolute Gasteiger partial charge is 0.342 e. The summed E-state index contributed by atoms with van der Waals surface area (Å²) in [7, 11) is 0. The molecule has 2 aliphatic heterocycles. The quantitative estimate of drug-likeness (QED) is 0.811. The summed E-state index contributed by atoms with van der Waals surface area (Å²) in [5.74, 6) is 0.250. The van der Waals surface area contributed by atoms with E-state index in [-0.39, 0.29) is 11.8 Å². The van der Waals surface area contributed by atoms with Gasteiger partial charge in [-0.1, -0.05) is 48.0 Å². The maximum absolute atomic E-state index is 13.4. The van der Waals surface area contributed by atoms with Gasteiger partial charge in [0.25, 0.3) is 11.8 Å². The fraction of sp³-hybridized carbons (Fsp3) is 0.346. The standard InChI is InChI=1S/C26H30N4O2/c1-19-8-7-11-21(16-19)24(31)29-14-15-30(26(2,3)18-29)25(32)23-27-13-12-22(17-28-23)20-9-5-4-6-10-20/h4-11,16-17H,12-15,18H2,1-3H3,(H,27,28). The lowest BCUT2D eigenvalue weighted by Crippen LogP contribution is -2.63.